The highest BCUT2D eigenvalue weighted by molar-refractivity contribution is 5.88. The molecular weight excluding hydrogens is 240 g/mol. The molecule has 0 atom stereocenters. The predicted molar refractivity (Wildman–Crippen MR) is 75.7 cm³/mol. The van der Waals surface area contributed by atoms with Crippen LogP contribution in [0.2, 0.25) is 0 Å². The van der Waals surface area contributed by atoms with Crippen LogP contribution in [-0.2, 0) is 0 Å². The minimum atomic E-state index is -0.897. The molecule has 0 aliphatic heterocycles. The van der Waals surface area contributed by atoms with Gasteiger partial charge in [-0.05, 0) is 30.4 Å². The molecule has 0 spiro atoms. The van der Waals surface area contributed by atoms with Crippen molar-refractivity contribution in [2.45, 2.75) is 45.4 Å². The van der Waals surface area contributed by atoms with Crippen molar-refractivity contribution in [1.29, 1.82) is 0 Å². The fraction of sp³-hybridized carbons (Fsp3) is 0.600. The van der Waals surface area contributed by atoms with E-state index in [0.717, 1.165) is 24.6 Å². The van der Waals surface area contributed by atoms with E-state index in [4.69, 9.17) is 5.11 Å². The van der Waals surface area contributed by atoms with Crippen molar-refractivity contribution in [3.63, 3.8) is 0 Å². The molecule has 0 saturated heterocycles. The third-order valence-electron chi connectivity index (χ3n) is 3.77. The van der Waals surface area contributed by atoms with Crippen LogP contribution in [0, 0.1) is 5.92 Å². The molecule has 1 saturated carbocycles. The molecule has 4 nitrogen and oxygen atoms in total. The van der Waals surface area contributed by atoms with Gasteiger partial charge >= 0.3 is 5.97 Å². The molecule has 0 aromatic carbocycles. The molecule has 19 heavy (non-hydrogen) atoms. The van der Waals surface area contributed by atoms with E-state index in [0.29, 0.717) is 11.4 Å². The molecule has 1 fully saturated rings. The first-order chi connectivity index (χ1) is 9.06. The SMILES string of the molecule is CC(C)c1cc(C(=O)O)cc(NCCC2CCC2)n1. The van der Waals surface area contributed by atoms with E-state index in [9.17, 15) is 4.79 Å². The van der Waals surface area contributed by atoms with Gasteiger partial charge in [-0.1, -0.05) is 33.1 Å². The molecule has 1 aliphatic rings. The van der Waals surface area contributed by atoms with Gasteiger partial charge in [-0.15, -0.1) is 0 Å². The minimum Gasteiger partial charge on any atom is -0.478 e. The summed E-state index contributed by atoms with van der Waals surface area (Å²) in [5, 5.41) is 12.4. The normalized spacial score (nSPS) is 15.3. The Morgan fingerprint density at radius 1 is 1.47 bits per heavy atom. The van der Waals surface area contributed by atoms with Crippen LogP contribution in [0.5, 0.6) is 0 Å². The Morgan fingerprint density at radius 2 is 2.21 bits per heavy atom. The zero-order valence-electron chi connectivity index (χ0n) is 11.6. The zero-order valence-corrected chi connectivity index (χ0v) is 11.6. The summed E-state index contributed by atoms with van der Waals surface area (Å²) >= 11 is 0. The van der Waals surface area contributed by atoms with Crippen LogP contribution < -0.4 is 5.32 Å². The number of hydrogen-bond acceptors (Lipinski definition) is 3. The van der Waals surface area contributed by atoms with E-state index in [2.05, 4.69) is 10.3 Å². The average Bonchev–Trinajstić information content (AvgIpc) is 2.31. The van der Waals surface area contributed by atoms with Gasteiger partial charge in [0.25, 0.3) is 0 Å². The van der Waals surface area contributed by atoms with E-state index in [1.54, 1.807) is 12.1 Å². The van der Waals surface area contributed by atoms with E-state index in [-0.39, 0.29) is 5.92 Å². The zero-order chi connectivity index (χ0) is 13.8. The number of carbonyl (C=O) groups is 1. The highest BCUT2D eigenvalue weighted by Gasteiger charge is 2.17. The number of aromatic nitrogens is 1. The standard InChI is InChI=1S/C15H22N2O2/c1-10(2)13-8-12(15(18)19)9-14(17-13)16-7-6-11-4-3-5-11/h8-11H,3-7H2,1-2H3,(H,16,17)(H,18,19). The fourth-order valence-electron chi connectivity index (χ4n) is 2.25. The predicted octanol–water partition coefficient (Wildman–Crippen LogP) is 3.51. The van der Waals surface area contributed by atoms with Gasteiger partial charge in [0.2, 0.25) is 0 Å². The summed E-state index contributed by atoms with van der Waals surface area (Å²) in [6.07, 6.45) is 5.17. The third kappa shape index (κ3) is 3.69. The topological polar surface area (TPSA) is 62.2 Å². The molecule has 104 valence electrons. The first-order valence-corrected chi connectivity index (χ1v) is 7.05. The molecule has 1 aromatic rings. The molecule has 0 bridgehead atoms. The molecule has 2 N–H and O–H groups in total. The molecule has 4 heteroatoms. The van der Waals surface area contributed by atoms with E-state index < -0.39 is 5.97 Å². The van der Waals surface area contributed by atoms with Gasteiger partial charge in [0, 0.05) is 12.2 Å². The second kappa shape index (κ2) is 6.04. The Morgan fingerprint density at radius 3 is 2.74 bits per heavy atom. The number of hydrogen-bond donors (Lipinski definition) is 2. The first kappa shape index (κ1) is 13.8. The number of nitrogens with one attached hydrogen (secondary N) is 1. The van der Waals surface area contributed by atoms with Crippen molar-refractivity contribution in [3.8, 4) is 0 Å². The van der Waals surface area contributed by atoms with Crippen molar-refractivity contribution in [2.24, 2.45) is 5.92 Å². The monoisotopic (exact) mass is 262 g/mol. The Bertz CT molecular complexity index is 453. The summed E-state index contributed by atoms with van der Waals surface area (Å²) < 4.78 is 0. The number of anilines is 1. The molecule has 1 aromatic heterocycles. The average molecular weight is 262 g/mol. The highest BCUT2D eigenvalue weighted by atomic mass is 16.4. The number of nitrogens with zero attached hydrogens (tertiary/aromatic N) is 1. The summed E-state index contributed by atoms with van der Waals surface area (Å²) in [6.45, 7) is 4.91. The lowest BCUT2D eigenvalue weighted by molar-refractivity contribution is 0.0696. The molecule has 0 unspecified atom stereocenters. The first-order valence-electron chi connectivity index (χ1n) is 7.05. The fourth-order valence-corrected chi connectivity index (χ4v) is 2.25. The van der Waals surface area contributed by atoms with E-state index >= 15 is 0 Å². The van der Waals surface area contributed by atoms with Gasteiger partial charge in [-0.25, -0.2) is 9.78 Å². The number of carboxylic acid groups (broad SMARTS) is 1. The molecule has 1 heterocycles. The number of carboxylic acids is 1. The molecule has 1 aliphatic carbocycles. The van der Waals surface area contributed by atoms with Gasteiger partial charge in [0.15, 0.2) is 0 Å². The lowest BCUT2D eigenvalue weighted by Gasteiger charge is -2.25. The van der Waals surface area contributed by atoms with Gasteiger partial charge in [0.1, 0.15) is 5.82 Å². The van der Waals surface area contributed by atoms with Crippen molar-refractivity contribution in [3.05, 3.63) is 23.4 Å². The second-order valence-corrected chi connectivity index (χ2v) is 5.64. The molecule has 2 rings (SSSR count). The lowest BCUT2D eigenvalue weighted by atomic mass is 9.83. The summed E-state index contributed by atoms with van der Waals surface area (Å²) in [6, 6.07) is 3.28. The Hall–Kier alpha value is -1.58. The minimum absolute atomic E-state index is 0.228. The van der Waals surface area contributed by atoms with Crippen molar-refractivity contribution in [1.82, 2.24) is 4.98 Å². The third-order valence-corrected chi connectivity index (χ3v) is 3.77. The maximum atomic E-state index is 11.1. The maximum Gasteiger partial charge on any atom is 0.335 e. The lowest BCUT2D eigenvalue weighted by Crippen LogP contribution is -2.16. The maximum absolute atomic E-state index is 11.1. The second-order valence-electron chi connectivity index (χ2n) is 5.64. The van der Waals surface area contributed by atoms with Crippen LogP contribution in [0.4, 0.5) is 5.82 Å². The Balaban J connectivity index is 2.02. The summed E-state index contributed by atoms with van der Waals surface area (Å²) in [4.78, 5) is 15.6. The number of aromatic carboxylic acids is 1. The van der Waals surface area contributed by atoms with Crippen molar-refractivity contribution < 1.29 is 9.90 Å². The number of pyridine rings is 1. The van der Waals surface area contributed by atoms with Crippen LogP contribution in [0.3, 0.4) is 0 Å². The summed E-state index contributed by atoms with van der Waals surface area (Å²) in [7, 11) is 0. The molecule has 0 radical (unpaired) electrons. The van der Waals surface area contributed by atoms with E-state index in [1.165, 1.54) is 19.3 Å². The molecule has 0 amide bonds. The quantitative estimate of drug-likeness (QED) is 0.823. The summed E-state index contributed by atoms with van der Waals surface area (Å²) in [5.41, 5.74) is 1.14. The van der Waals surface area contributed by atoms with Gasteiger partial charge in [-0.2, -0.15) is 0 Å². The molecular formula is C15H22N2O2. The Kier molecular flexibility index (Phi) is 4.40. The van der Waals surface area contributed by atoms with Crippen LogP contribution >= 0.6 is 0 Å². The smallest absolute Gasteiger partial charge is 0.335 e. The Labute approximate surface area is 114 Å². The summed E-state index contributed by atoms with van der Waals surface area (Å²) in [5.74, 6) is 0.862. The van der Waals surface area contributed by atoms with E-state index in [1.807, 2.05) is 13.8 Å². The van der Waals surface area contributed by atoms with Crippen LogP contribution in [0.25, 0.3) is 0 Å². The highest BCUT2D eigenvalue weighted by Crippen LogP contribution is 2.29. The number of rotatable bonds is 6. The van der Waals surface area contributed by atoms with Gasteiger partial charge in [-0.3, -0.25) is 0 Å². The van der Waals surface area contributed by atoms with Gasteiger partial charge < -0.3 is 10.4 Å². The van der Waals surface area contributed by atoms with Crippen molar-refractivity contribution >= 4 is 11.8 Å². The van der Waals surface area contributed by atoms with Crippen LogP contribution in [-0.4, -0.2) is 22.6 Å². The van der Waals surface area contributed by atoms with Crippen molar-refractivity contribution in [2.75, 3.05) is 11.9 Å². The van der Waals surface area contributed by atoms with Crippen LogP contribution in [0.15, 0.2) is 12.1 Å². The van der Waals surface area contributed by atoms with Gasteiger partial charge in [0.05, 0.1) is 5.56 Å². The van der Waals surface area contributed by atoms with Crippen LogP contribution in [0.1, 0.15) is 61.5 Å². The largest absolute Gasteiger partial charge is 0.478 e.